The van der Waals surface area contributed by atoms with Crippen LogP contribution in [0.5, 0.6) is 17.2 Å². The molecule has 0 spiro atoms. The molecule has 4 nitrogen and oxygen atoms in total. The maximum atomic E-state index is 9.81. The van der Waals surface area contributed by atoms with Crippen molar-refractivity contribution >= 4 is 0 Å². The average Bonchev–Trinajstić information content (AvgIpc) is 2.23. The van der Waals surface area contributed by atoms with Gasteiger partial charge in [-0.1, -0.05) is 6.07 Å². The van der Waals surface area contributed by atoms with Crippen LogP contribution in [-0.4, -0.2) is 24.9 Å². The summed E-state index contributed by atoms with van der Waals surface area (Å²) in [7, 11) is 0. The highest BCUT2D eigenvalue weighted by Gasteiger charge is 2.18. The number of hydrogen-bond acceptors (Lipinski definition) is 4. The van der Waals surface area contributed by atoms with Gasteiger partial charge in [-0.3, -0.25) is 0 Å². The van der Waals surface area contributed by atoms with Gasteiger partial charge in [0.25, 0.3) is 0 Å². The summed E-state index contributed by atoms with van der Waals surface area (Å²) in [6.07, 6.45) is 0.641. The molecule has 0 radical (unpaired) electrons. The fourth-order valence-electron chi connectivity index (χ4n) is 1.50. The van der Waals surface area contributed by atoms with Crippen LogP contribution in [0.25, 0.3) is 0 Å². The highest BCUT2D eigenvalue weighted by molar-refractivity contribution is 5.55. The van der Waals surface area contributed by atoms with E-state index in [4.69, 9.17) is 15.2 Å². The number of rotatable bonds is 2. The zero-order valence-corrected chi connectivity index (χ0v) is 7.82. The number of hydrogen-bond donors (Lipinski definition) is 2. The van der Waals surface area contributed by atoms with Gasteiger partial charge < -0.3 is 20.3 Å². The van der Waals surface area contributed by atoms with Gasteiger partial charge in [-0.25, -0.2) is 0 Å². The first-order valence-corrected chi connectivity index (χ1v) is 4.63. The fourth-order valence-corrected chi connectivity index (χ4v) is 1.50. The van der Waals surface area contributed by atoms with E-state index in [-0.39, 0.29) is 5.75 Å². The minimum absolute atomic E-state index is 0.160. The number of benzene rings is 1. The van der Waals surface area contributed by atoms with Crippen molar-refractivity contribution in [2.75, 3.05) is 19.8 Å². The van der Waals surface area contributed by atoms with E-state index in [1.54, 1.807) is 6.07 Å². The predicted molar refractivity (Wildman–Crippen MR) is 51.9 cm³/mol. The molecular weight excluding hydrogens is 182 g/mol. The SMILES string of the molecule is NCCc1ccc2c(c1O)OCCO2. The van der Waals surface area contributed by atoms with Gasteiger partial charge in [-0.2, -0.15) is 0 Å². The van der Waals surface area contributed by atoms with Crippen LogP contribution >= 0.6 is 0 Å². The molecule has 0 unspecified atom stereocenters. The molecule has 0 bridgehead atoms. The van der Waals surface area contributed by atoms with Crippen molar-refractivity contribution in [1.82, 2.24) is 0 Å². The van der Waals surface area contributed by atoms with E-state index in [2.05, 4.69) is 0 Å². The summed E-state index contributed by atoms with van der Waals surface area (Å²) in [5, 5.41) is 9.81. The van der Waals surface area contributed by atoms with Crippen LogP contribution in [0.1, 0.15) is 5.56 Å². The van der Waals surface area contributed by atoms with Crippen LogP contribution in [0.15, 0.2) is 12.1 Å². The smallest absolute Gasteiger partial charge is 0.203 e. The van der Waals surface area contributed by atoms with Gasteiger partial charge in [0.2, 0.25) is 5.75 Å². The molecule has 4 heteroatoms. The minimum atomic E-state index is 0.160. The number of phenolic OH excluding ortho intramolecular Hbond substituents is 1. The number of ether oxygens (including phenoxy) is 2. The van der Waals surface area contributed by atoms with Crippen LogP contribution in [0, 0.1) is 0 Å². The first kappa shape index (κ1) is 9.15. The van der Waals surface area contributed by atoms with E-state index in [0.29, 0.717) is 37.7 Å². The van der Waals surface area contributed by atoms with E-state index in [9.17, 15) is 5.11 Å². The molecule has 0 amide bonds. The molecule has 0 atom stereocenters. The molecule has 1 heterocycles. The lowest BCUT2D eigenvalue weighted by atomic mass is 10.1. The third kappa shape index (κ3) is 1.48. The number of aromatic hydroxyl groups is 1. The topological polar surface area (TPSA) is 64.7 Å². The van der Waals surface area contributed by atoms with Crippen molar-refractivity contribution < 1.29 is 14.6 Å². The van der Waals surface area contributed by atoms with Crippen LogP contribution in [0.4, 0.5) is 0 Å². The first-order chi connectivity index (χ1) is 6.83. The van der Waals surface area contributed by atoms with Crippen molar-refractivity contribution in [2.45, 2.75) is 6.42 Å². The van der Waals surface area contributed by atoms with Crippen molar-refractivity contribution in [3.05, 3.63) is 17.7 Å². The average molecular weight is 195 g/mol. The Labute approximate surface area is 82.2 Å². The van der Waals surface area contributed by atoms with Crippen molar-refractivity contribution in [3.8, 4) is 17.2 Å². The summed E-state index contributed by atoms with van der Waals surface area (Å²) in [4.78, 5) is 0. The highest BCUT2D eigenvalue weighted by Crippen LogP contribution is 2.40. The predicted octanol–water partition coefficient (Wildman–Crippen LogP) is 0.665. The Bertz CT molecular complexity index is 338. The molecule has 76 valence electrons. The van der Waals surface area contributed by atoms with Crippen LogP contribution < -0.4 is 15.2 Å². The number of nitrogens with two attached hydrogens (primary N) is 1. The van der Waals surface area contributed by atoms with E-state index >= 15 is 0 Å². The molecule has 0 aromatic heterocycles. The van der Waals surface area contributed by atoms with Crippen LogP contribution in [0.3, 0.4) is 0 Å². The Hall–Kier alpha value is -1.42. The van der Waals surface area contributed by atoms with Gasteiger partial charge in [0, 0.05) is 0 Å². The molecule has 1 aliphatic rings. The Kier molecular flexibility index (Phi) is 2.45. The first-order valence-electron chi connectivity index (χ1n) is 4.63. The molecule has 1 aliphatic heterocycles. The lowest BCUT2D eigenvalue weighted by molar-refractivity contribution is 0.165. The summed E-state index contributed by atoms with van der Waals surface area (Å²) in [5.41, 5.74) is 6.22. The van der Waals surface area contributed by atoms with E-state index in [0.717, 1.165) is 5.56 Å². The Morgan fingerprint density at radius 3 is 2.86 bits per heavy atom. The zero-order chi connectivity index (χ0) is 9.97. The lowest BCUT2D eigenvalue weighted by Crippen LogP contribution is -2.16. The molecule has 1 aromatic carbocycles. The third-order valence-electron chi connectivity index (χ3n) is 2.18. The summed E-state index contributed by atoms with van der Waals surface area (Å²) in [6.45, 7) is 1.52. The van der Waals surface area contributed by atoms with Crippen LogP contribution in [-0.2, 0) is 6.42 Å². The van der Waals surface area contributed by atoms with Crippen molar-refractivity contribution in [2.24, 2.45) is 5.73 Å². The summed E-state index contributed by atoms with van der Waals surface area (Å²) < 4.78 is 10.6. The fraction of sp³-hybridized carbons (Fsp3) is 0.400. The molecule has 0 fully saturated rings. The molecule has 1 aromatic rings. The maximum absolute atomic E-state index is 9.81. The van der Waals surface area contributed by atoms with Crippen LogP contribution in [0.2, 0.25) is 0 Å². The largest absolute Gasteiger partial charge is 0.504 e. The molecular formula is C10H13NO3. The quantitative estimate of drug-likeness (QED) is 0.727. The maximum Gasteiger partial charge on any atom is 0.203 e. The number of fused-ring (bicyclic) bond motifs is 1. The molecule has 2 rings (SSSR count). The lowest BCUT2D eigenvalue weighted by Gasteiger charge is -2.20. The molecule has 14 heavy (non-hydrogen) atoms. The third-order valence-corrected chi connectivity index (χ3v) is 2.18. The molecule has 0 saturated heterocycles. The second-order valence-corrected chi connectivity index (χ2v) is 3.14. The van der Waals surface area contributed by atoms with Gasteiger partial charge in [-0.05, 0) is 24.6 Å². The van der Waals surface area contributed by atoms with Gasteiger partial charge in [0.15, 0.2) is 11.5 Å². The summed E-state index contributed by atoms with van der Waals surface area (Å²) in [6, 6.07) is 3.62. The summed E-state index contributed by atoms with van der Waals surface area (Å²) in [5.74, 6) is 1.21. The second kappa shape index (κ2) is 3.75. The molecule has 3 N–H and O–H groups in total. The molecule has 0 aliphatic carbocycles. The van der Waals surface area contributed by atoms with Gasteiger partial charge >= 0.3 is 0 Å². The standard InChI is InChI=1S/C10H13NO3/c11-4-3-7-1-2-8-10(9(7)12)14-6-5-13-8/h1-2,12H,3-6,11H2. The van der Waals surface area contributed by atoms with E-state index in [1.807, 2.05) is 6.07 Å². The Morgan fingerprint density at radius 2 is 2.07 bits per heavy atom. The van der Waals surface area contributed by atoms with Crippen molar-refractivity contribution in [3.63, 3.8) is 0 Å². The van der Waals surface area contributed by atoms with E-state index < -0.39 is 0 Å². The molecule has 0 saturated carbocycles. The summed E-state index contributed by atoms with van der Waals surface area (Å²) >= 11 is 0. The normalized spacial score (nSPS) is 14.1. The highest BCUT2D eigenvalue weighted by atomic mass is 16.6. The Morgan fingerprint density at radius 1 is 1.29 bits per heavy atom. The second-order valence-electron chi connectivity index (χ2n) is 3.14. The van der Waals surface area contributed by atoms with E-state index in [1.165, 1.54) is 0 Å². The minimum Gasteiger partial charge on any atom is -0.504 e. The zero-order valence-electron chi connectivity index (χ0n) is 7.82. The van der Waals surface area contributed by atoms with Crippen molar-refractivity contribution in [1.29, 1.82) is 0 Å². The number of phenols is 1. The Balaban J connectivity index is 2.38. The monoisotopic (exact) mass is 195 g/mol. The van der Waals surface area contributed by atoms with Gasteiger partial charge in [-0.15, -0.1) is 0 Å². The van der Waals surface area contributed by atoms with Gasteiger partial charge in [0.05, 0.1) is 0 Å². The van der Waals surface area contributed by atoms with Gasteiger partial charge in [0.1, 0.15) is 13.2 Å².